The average molecular weight is 564 g/mol. The quantitative estimate of drug-likeness (QED) is 0.159. The zero-order valence-electron chi connectivity index (χ0n) is 19.7. The minimum absolute atomic E-state index is 0. The van der Waals surface area contributed by atoms with Gasteiger partial charge in [-0.15, -0.1) is 24.0 Å². The van der Waals surface area contributed by atoms with Crippen LogP contribution < -0.4 is 15.4 Å². The first kappa shape index (κ1) is 26.7. The lowest BCUT2D eigenvalue weighted by Gasteiger charge is -2.15. The molecule has 0 saturated carbocycles. The van der Waals surface area contributed by atoms with E-state index in [9.17, 15) is 0 Å². The molecule has 1 aromatic heterocycles. The first-order valence-electron chi connectivity index (χ1n) is 10.9. The highest BCUT2D eigenvalue weighted by Crippen LogP contribution is 2.21. The van der Waals surface area contributed by atoms with Crippen LogP contribution >= 0.6 is 24.0 Å². The number of nitrogens with zero attached hydrogens (tertiary/aromatic N) is 2. The van der Waals surface area contributed by atoms with Crippen molar-refractivity contribution in [1.29, 1.82) is 0 Å². The highest BCUT2D eigenvalue weighted by Gasteiger charge is 2.09. The molecule has 0 atom stereocenters. The van der Waals surface area contributed by atoms with Crippen LogP contribution in [0.4, 0.5) is 0 Å². The molecule has 8 heteroatoms. The molecule has 3 rings (SSSR count). The number of hydrogen-bond donors (Lipinski definition) is 2. The van der Waals surface area contributed by atoms with Crippen molar-refractivity contribution in [3.05, 3.63) is 71.2 Å². The maximum atomic E-state index is 5.92. The van der Waals surface area contributed by atoms with Gasteiger partial charge in [0, 0.05) is 31.3 Å². The van der Waals surface area contributed by atoms with Gasteiger partial charge in [-0.05, 0) is 32.4 Å². The van der Waals surface area contributed by atoms with Crippen molar-refractivity contribution < 1.29 is 13.9 Å². The van der Waals surface area contributed by atoms with E-state index in [2.05, 4.69) is 51.8 Å². The van der Waals surface area contributed by atoms with Crippen LogP contribution in [0.25, 0.3) is 11.3 Å². The predicted molar refractivity (Wildman–Crippen MR) is 142 cm³/mol. The molecule has 7 nitrogen and oxygen atoms in total. The number of nitrogens with one attached hydrogen (secondary N) is 2. The summed E-state index contributed by atoms with van der Waals surface area (Å²) >= 11 is 0. The Balaban J connectivity index is 0.00000385. The topological polar surface area (TPSA) is 80.9 Å². The van der Waals surface area contributed by atoms with Crippen molar-refractivity contribution in [1.82, 2.24) is 15.6 Å². The van der Waals surface area contributed by atoms with Gasteiger partial charge in [0.05, 0.1) is 19.3 Å². The molecule has 0 aliphatic carbocycles. The minimum Gasteiger partial charge on any atom is -0.491 e. The summed E-state index contributed by atoms with van der Waals surface area (Å²) in [5.74, 6) is 2.85. The molecule has 0 spiro atoms. The molecule has 178 valence electrons. The molecule has 0 aliphatic heterocycles. The van der Waals surface area contributed by atoms with Crippen LogP contribution in [0.2, 0.25) is 0 Å². The van der Waals surface area contributed by atoms with Crippen LogP contribution in [0.5, 0.6) is 5.75 Å². The second-order valence-electron chi connectivity index (χ2n) is 7.42. The molecule has 3 aromatic rings. The van der Waals surface area contributed by atoms with Gasteiger partial charge in [-0.1, -0.05) is 42.0 Å². The highest BCUT2D eigenvalue weighted by molar-refractivity contribution is 14.0. The first-order valence-corrected chi connectivity index (χ1v) is 10.9. The maximum Gasteiger partial charge on any atom is 0.214 e. The molecule has 1 heterocycles. The first-order chi connectivity index (χ1) is 15.6. The van der Waals surface area contributed by atoms with Gasteiger partial charge >= 0.3 is 0 Å². The van der Waals surface area contributed by atoms with Gasteiger partial charge in [0.1, 0.15) is 12.4 Å². The van der Waals surface area contributed by atoms with Gasteiger partial charge in [-0.25, -0.2) is 4.98 Å². The molecular formula is C25H33IN4O3. The molecule has 33 heavy (non-hydrogen) atoms. The second-order valence-corrected chi connectivity index (χ2v) is 7.42. The molecule has 0 unspecified atom stereocenters. The third-order valence-corrected chi connectivity index (χ3v) is 4.88. The van der Waals surface area contributed by atoms with E-state index >= 15 is 0 Å². The number of halogens is 1. The molecule has 2 aromatic carbocycles. The van der Waals surface area contributed by atoms with E-state index in [0.29, 0.717) is 44.8 Å². The third kappa shape index (κ3) is 8.36. The largest absolute Gasteiger partial charge is 0.491 e. The van der Waals surface area contributed by atoms with Crippen molar-refractivity contribution in [2.45, 2.75) is 33.9 Å². The Kier molecular flexibility index (Phi) is 11.2. The van der Waals surface area contributed by atoms with Crippen LogP contribution in [0.3, 0.4) is 0 Å². The molecule has 0 fully saturated rings. The molecule has 0 amide bonds. The molecular weight excluding hydrogens is 531 g/mol. The van der Waals surface area contributed by atoms with E-state index in [4.69, 9.17) is 13.9 Å². The third-order valence-electron chi connectivity index (χ3n) is 4.88. The molecule has 0 aliphatic rings. The van der Waals surface area contributed by atoms with E-state index in [1.54, 1.807) is 13.2 Å². The SMILES string of the molecule is CCOCCOc1cc(C)ccc1CNC(=NC)NCc1ncc(-c2ccc(C)cc2)o1.I. The number of hydrogen-bond acceptors (Lipinski definition) is 5. The fourth-order valence-electron chi connectivity index (χ4n) is 3.10. The summed E-state index contributed by atoms with van der Waals surface area (Å²) in [6.07, 6.45) is 1.75. The lowest BCUT2D eigenvalue weighted by molar-refractivity contribution is 0.110. The predicted octanol–water partition coefficient (Wildman–Crippen LogP) is 4.86. The van der Waals surface area contributed by atoms with Crippen LogP contribution in [-0.4, -0.2) is 37.8 Å². The number of aryl methyl sites for hydroxylation is 2. The number of oxazole rings is 1. The standard InChI is InChI=1S/C25H32N4O3.HI/c1-5-30-12-13-31-22-14-19(3)8-11-21(22)15-28-25(26-4)29-17-24-27-16-23(32-24)20-9-6-18(2)7-10-20;/h6-11,14,16H,5,12-13,15,17H2,1-4H3,(H2,26,28,29);1H. The van der Waals surface area contributed by atoms with E-state index in [1.807, 2.05) is 32.0 Å². The Morgan fingerprint density at radius 1 is 1.00 bits per heavy atom. The molecule has 0 radical (unpaired) electrons. The monoisotopic (exact) mass is 564 g/mol. The average Bonchev–Trinajstić information content (AvgIpc) is 3.27. The summed E-state index contributed by atoms with van der Waals surface area (Å²) in [6.45, 7) is 8.86. The van der Waals surface area contributed by atoms with Crippen LogP contribution in [0, 0.1) is 13.8 Å². The zero-order valence-corrected chi connectivity index (χ0v) is 22.0. The second kappa shape index (κ2) is 13.8. The number of aromatic nitrogens is 1. The zero-order chi connectivity index (χ0) is 22.8. The summed E-state index contributed by atoms with van der Waals surface area (Å²) in [6, 6.07) is 14.4. The Bertz CT molecular complexity index is 1020. The number of ether oxygens (including phenoxy) is 2. The van der Waals surface area contributed by atoms with Gasteiger partial charge in [0.2, 0.25) is 5.89 Å². The number of benzene rings is 2. The number of rotatable bonds is 10. The summed E-state index contributed by atoms with van der Waals surface area (Å²) in [7, 11) is 1.73. The summed E-state index contributed by atoms with van der Waals surface area (Å²) < 4.78 is 17.2. The van der Waals surface area contributed by atoms with Gasteiger partial charge < -0.3 is 24.5 Å². The van der Waals surface area contributed by atoms with E-state index in [0.717, 1.165) is 28.2 Å². The Labute approximate surface area is 213 Å². The van der Waals surface area contributed by atoms with Crippen molar-refractivity contribution in [2.24, 2.45) is 4.99 Å². The lowest BCUT2D eigenvalue weighted by Crippen LogP contribution is -2.36. The van der Waals surface area contributed by atoms with E-state index in [-0.39, 0.29) is 24.0 Å². The van der Waals surface area contributed by atoms with Gasteiger partial charge in [-0.3, -0.25) is 4.99 Å². The number of guanidine groups is 1. The van der Waals surface area contributed by atoms with Crippen LogP contribution in [0.15, 0.2) is 58.1 Å². The smallest absolute Gasteiger partial charge is 0.214 e. The minimum atomic E-state index is 0. The van der Waals surface area contributed by atoms with Gasteiger partial charge in [0.25, 0.3) is 0 Å². The summed E-state index contributed by atoms with van der Waals surface area (Å²) in [5.41, 5.74) is 4.42. The molecule has 0 bridgehead atoms. The summed E-state index contributed by atoms with van der Waals surface area (Å²) in [5, 5.41) is 6.56. The van der Waals surface area contributed by atoms with Crippen molar-refractivity contribution in [3.8, 4) is 17.1 Å². The van der Waals surface area contributed by atoms with Crippen molar-refractivity contribution in [3.63, 3.8) is 0 Å². The number of aliphatic imine (C=N–C) groups is 1. The van der Waals surface area contributed by atoms with Crippen LogP contribution in [0.1, 0.15) is 29.5 Å². The lowest BCUT2D eigenvalue weighted by atomic mass is 10.1. The molecule has 0 saturated heterocycles. The van der Waals surface area contributed by atoms with E-state index < -0.39 is 0 Å². The normalized spacial score (nSPS) is 11.1. The van der Waals surface area contributed by atoms with Gasteiger partial charge in [-0.2, -0.15) is 0 Å². The van der Waals surface area contributed by atoms with Gasteiger partial charge in [0.15, 0.2) is 11.7 Å². The fraction of sp³-hybridized carbons (Fsp3) is 0.360. The summed E-state index contributed by atoms with van der Waals surface area (Å²) in [4.78, 5) is 8.66. The van der Waals surface area contributed by atoms with E-state index in [1.165, 1.54) is 5.56 Å². The van der Waals surface area contributed by atoms with Crippen LogP contribution in [-0.2, 0) is 17.8 Å². The Hall–Kier alpha value is -2.59. The maximum absolute atomic E-state index is 5.92. The fourth-order valence-corrected chi connectivity index (χ4v) is 3.10. The Morgan fingerprint density at radius 3 is 2.45 bits per heavy atom. The highest BCUT2D eigenvalue weighted by atomic mass is 127. The Morgan fingerprint density at radius 2 is 1.73 bits per heavy atom. The molecule has 2 N–H and O–H groups in total. The van der Waals surface area contributed by atoms with Crippen molar-refractivity contribution in [2.75, 3.05) is 26.9 Å². The van der Waals surface area contributed by atoms with Crippen molar-refractivity contribution >= 4 is 29.9 Å².